The van der Waals surface area contributed by atoms with Gasteiger partial charge in [-0.25, -0.2) is 0 Å². The fraction of sp³-hybridized carbons (Fsp3) is 0.308. The number of H-pyrrole nitrogens is 1. The molecular formula is C26H27N5O2S. The number of aromatic amines is 1. The van der Waals surface area contributed by atoms with Gasteiger partial charge < -0.3 is 15.3 Å². The predicted molar refractivity (Wildman–Crippen MR) is 133 cm³/mol. The molecule has 2 aromatic heterocycles. The normalized spacial score (nSPS) is 14.4. The summed E-state index contributed by atoms with van der Waals surface area (Å²) < 4.78 is 1.97. The Kier molecular flexibility index (Phi) is 6.24. The summed E-state index contributed by atoms with van der Waals surface area (Å²) in [5.41, 5.74) is 9.17. The molecule has 1 unspecified atom stereocenters. The van der Waals surface area contributed by atoms with E-state index in [1.807, 2.05) is 53.2 Å². The standard InChI is InChI=1S/C26H27N5O2S/c1-2-16-9-6-10-19-20(15-28-22(16)19)23(33)24(17-7-4-3-5-8-17)34-26-30-29-25(18-11-12-18)31(26)14-13-21(27)32/h3-10,15,18,24,28H,2,11-14H2,1H3,(H2,27,32). The van der Waals surface area contributed by atoms with Crippen molar-refractivity contribution in [2.75, 3.05) is 0 Å². The van der Waals surface area contributed by atoms with Gasteiger partial charge in [0.25, 0.3) is 0 Å². The van der Waals surface area contributed by atoms with E-state index >= 15 is 0 Å². The average Bonchev–Trinajstić information content (AvgIpc) is 3.47. The van der Waals surface area contributed by atoms with Crippen LogP contribution in [0.25, 0.3) is 10.9 Å². The van der Waals surface area contributed by atoms with Gasteiger partial charge >= 0.3 is 0 Å². The number of hydrogen-bond donors (Lipinski definition) is 2. The number of aromatic nitrogens is 4. The average molecular weight is 474 g/mol. The second-order valence-electron chi connectivity index (χ2n) is 8.65. The lowest BCUT2D eigenvalue weighted by Crippen LogP contribution is -2.16. The van der Waals surface area contributed by atoms with Gasteiger partial charge in [0.1, 0.15) is 11.1 Å². The van der Waals surface area contributed by atoms with Gasteiger partial charge in [-0.05, 0) is 30.4 Å². The fourth-order valence-corrected chi connectivity index (χ4v) is 5.46. The van der Waals surface area contributed by atoms with Crippen molar-refractivity contribution >= 4 is 34.4 Å². The van der Waals surface area contributed by atoms with Crippen LogP contribution in [0.2, 0.25) is 0 Å². The number of Topliss-reactive ketones (excluding diaryl/α,β-unsaturated/α-hetero) is 1. The molecule has 34 heavy (non-hydrogen) atoms. The molecule has 0 radical (unpaired) electrons. The number of primary amides is 1. The minimum absolute atomic E-state index is 0.00752. The molecule has 7 nitrogen and oxygen atoms in total. The molecule has 1 atom stereocenters. The van der Waals surface area contributed by atoms with Crippen molar-refractivity contribution in [3.05, 3.63) is 77.2 Å². The number of nitrogens with zero attached hydrogens (tertiary/aromatic N) is 3. The van der Waals surface area contributed by atoms with Crippen molar-refractivity contribution < 1.29 is 9.59 Å². The maximum absolute atomic E-state index is 14.0. The summed E-state index contributed by atoms with van der Waals surface area (Å²) in [6, 6.07) is 15.8. The van der Waals surface area contributed by atoms with Crippen molar-refractivity contribution in [3.8, 4) is 0 Å². The highest BCUT2D eigenvalue weighted by molar-refractivity contribution is 8.00. The lowest BCUT2D eigenvalue weighted by molar-refractivity contribution is -0.118. The molecule has 1 fully saturated rings. The van der Waals surface area contributed by atoms with Crippen LogP contribution in [-0.2, 0) is 17.8 Å². The molecule has 8 heteroatoms. The number of benzene rings is 2. The molecule has 2 heterocycles. The molecule has 1 aliphatic rings. The number of amides is 1. The Hall–Kier alpha value is -3.39. The number of para-hydroxylation sites is 1. The van der Waals surface area contributed by atoms with Crippen molar-refractivity contribution in [1.29, 1.82) is 0 Å². The van der Waals surface area contributed by atoms with E-state index in [2.05, 4.69) is 28.2 Å². The topological polar surface area (TPSA) is 107 Å². The number of carbonyl (C=O) groups is 2. The molecule has 0 spiro atoms. The zero-order chi connectivity index (χ0) is 23.7. The summed E-state index contributed by atoms with van der Waals surface area (Å²) in [6.07, 6.45) is 5.04. The fourth-order valence-electron chi connectivity index (χ4n) is 4.33. The molecule has 1 amide bonds. The zero-order valence-electron chi connectivity index (χ0n) is 19.0. The number of hydrogen-bond acceptors (Lipinski definition) is 5. The number of aryl methyl sites for hydroxylation is 1. The van der Waals surface area contributed by atoms with E-state index in [0.717, 1.165) is 41.6 Å². The molecule has 174 valence electrons. The van der Waals surface area contributed by atoms with Gasteiger partial charge in [0, 0.05) is 41.5 Å². The Labute approximate surface area is 202 Å². The van der Waals surface area contributed by atoms with Gasteiger partial charge in [0.2, 0.25) is 5.91 Å². The number of rotatable bonds is 10. The minimum atomic E-state index is -0.505. The number of fused-ring (bicyclic) bond motifs is 1. The summed E-state index contributed by atoms with van der Waals surface area (Å²) in [7, 11) is 0. The smallest absolute Gasteiger partial charge is 0.219 e. The molecule has 1 aliphatic carbocycles. The van der Waals surface area contributed by atoms with Crippen LogP contribution in [0.4, 0.5) is 0 Å². The summed E-state index contributed by atoms with van der Waals surface area (Å²) in [4.78, 5) is 28.8. The summed E-state index contributed by atoms with van der Waals surface area (Å²) in [5, 5.41) is 9.92. The second kappa shape index (κ2) is 9.46. The third-order valence-electron chi connectivity index (χ3n) is 6.28. The van der Waals surface area contributed by atoms with Crippen molar-refractivity contribution in [3.63, 3.8) is 0 Å². The van der Waals surface area contributed by atoms with Gasteiger partial charge in [-0.3, -0.25) is 9.59 Å². The van der Waals surface area contributed by atoms with E-state index in [0.29, 0.717) is 23.2 Å². The van der Waals surface area contributed by atoms with E-state index in [1.165, 1.54) is 17.3 Å². The van der Waals surface area contributed by atoms with Crippen molar-refractivity contribution in [2.45, 2.75) is 55.5 Å². The molecule has 2 aromatic carbocycles. The van der Waals surface area contributed by atoms with E-state index in [4.69, 9.17) is 5.73 Å². The Bertz CT molecular complexity index is 1340. The SMILES string of the molecule is CCc1cccc2c(C(=O)C(Sc3nnc(C4CC4)n3CCC(N)=O)c3ccccc3)c[nH]c12. The van der Waals surface area contributed by atoms with Crippen molar-refractivity contribution in [2.24, 2.45) is 5.73 Å². The first kappa shape index (κ1) is 22.4. The highest BCUT2D eigenvalue weighted by Crippen LogP contribution is 2.43. The Morgan fingerprint density at radius 2 is 1.94 bits per heavy atom. The lowest BCUT2D eigenvalue weighted by Gasteiger charge is -2.16. The van der Waals surface area contributed by atoms with Gasteiger partial charge in [0.05, 0.1) is 0 Å². The van der Waals surface area contributed by atoms with E-state index in [-0.39, 0.29) is 18.1 Å². The molecule has 0 aliphatic heterocycles. The van der Waals surface area contributed by atoms with Crippen LogP contribution in [0, 0.1) is 0 Å². The first-order valence-electron chi connectivity index (χ1n) is 11.6. The summed E-state index contributed by atoms with van der Waals surface area (Å²) in [6.45, 7) is 2.52. The predicted octanol–water partition coefficient (Wildman–Crippen LogP) is 4.79. The van der Waals surface area contributed by atoms with Crippen LogP contribution in [-0.4, -0.2) is 31.4 Å². The molecular weight excluding hydrogens is 446 g/mol. The third-order valence-corrected chi connectivity index (χ3v) is 7.52. The number of nitrogens with one attached hydrogen (secondary N) is 1. The highest BCUT2D eigenvalue weighted by atomic mass is 32.2. The van der Waals surface area contributed by atoms with Crippen LogP contribution in [0.1, 0.15) is 64.7 Å². The van der Waals surface area contributed by atoms with Crippen LogP contribution >= 0.6 is 11.8 Å². The van der Waals surface area contributed by atoms with E-state index < -0.39 is 5.25 Å². The lowest BCUT2D eigenvalue weighted by atomic mass is 10.0. The van der Waals surface area contributed by atoms with Crippen LogP contribution in [0.3, 0.4) is 0 Å². The quantitative estimate of drug-likeness (QED) is 0.254. The number of thioether (sulfide) groups is 1. The monoisotopic (exact) mass is 473 g/mol. The van der Waals surface area contributed by atoms with Crippen LogP contribution < -0.4 is 5.73 Å². The maximum atomic E-state index is 14.0. The Morgan fingerprint density at radius 3 is 2.65 bits per heavy atom. The van der Waals surface area contributed by atoms with Crippen molar-refractivity contribution in [1.82, 2.24) is 19.7 Å². The molecule has 3 N–H and O–H groups in total. The maximum Gasteiger partial charge on any atom is 0.219 e. The molecule has 0 bridgehead atoms. The van der Waals surface area contributed by atoms with Gasteiger partial charge in [-0.2, -0.15) is 0 Å². The van der Waals surface area contributed by atoms with Crippen LogP contribution in [0.5, 0.6) is 0 Å². The van der Waals surface area contributed by atoms with Crippen LogP contribution in [0.15, 0.2) is 59.9 Å². The first-order chi connectivity index (χ1) is 16.6. The summed E-state index contributed by atoms with van der Waals surface area (Å²) in [5.74, 6) is 0.880. The van der Waals surface area contributed by atoms with Gasteiger partial charge in [-0.15, -0.1) is 10.2 Å². The largest absolute Gasteiger partial charge is 0.370 e. The number of carbonyl (C=O) groups excluding carboxylic acids is 2. The Morgan fingerprint density at radius 1 is 1.15 bits per heavy atom. The van der Waals surface area contributed by atoms with Gasteiger partial charge in [0.15, 0.2) is 10.9 Å². The van der Waals surface area contributed by atoms with E-state index in [9.17, 15) is 9.59 Å². The molecule has 4 aromatic rings. The first-order valence-corrected chi connectivity index (χ1v) is 12.5. The highest BCUT2D eigenvalue weighted by Gasteiger charge is 2.33. The number of ketones is 1. The summed E-state index contributed by atoms with van der Waals surface area (Å²) >= 11 is 1.38. The second-order valence-corrected chi connectivity index (χ2v) is 9.72. The molecule has 0 saturated heterocycles. The van der Waals surface area contributed by atoms with Gasteiger partial charge in [-0.1, -0.05) is 67.2 Å². The minimum Gasteiger partial charge on any atom is -0.370 e. The third kappa shape index (κ3) is 4.37. The zero-order valence-corrected chi connectivity index (χ0v) is 19.8. The molecule has 5 rings (SSSR count). The van der Waals surface area contributed by atoms with E-state index in [1.54, 1.807) is 0 Å². The number of nitrogens with two attached hydrogens (primary N) is 1. The Balaban J connectivity index is 1.54. The molecule has 1 saturated carbocycles.